The zero-order valence-corrected chi connectivity index (χ0v) is 13.7. The molecule has 0 fully saturated rings. The van der Waals surface area contributed by atoms with E-state index in [4.69, 9.17) is 26.2 Å². The highest BCUT2D eigenvalue weighted by Gasteiger charge is 2.46. The third kappa shape index (κ3) is 2.78. The summed E-state index contributed by atoms with van der Waals surface area (Å²) >= 11 is 5.88. The van der Waals surface area contributed by atoms with Gasteiger partial charge in [-0.2, -0.15) is 13.2 Å². The summed E-state index contributed by atoms with van der Waals surface area (Å²) in [5.74, 6) is -0.313. The smallest absolute Gasteiger partial charge is 0.416 e. The third-order valence-electron chi connectivity index (χ3n) is 4.30. The molecule has 0 radical (unpaired) electrons. The van der Waals surface area contributed by atoms with Gasteiger partial charge in [0.2, 0.25) is 0 Å². The first-order valence-corrected chi connectivity index (χ1v) is 7.91. The molecule has 2 aromatic rings. The molecule has 4 rings (SSSR count). The Labute approximate surface area is 150 Å². The molecule has 8 heteroatoms. The van der Waals surface area contributed by atoms with Crippen LogP contribution in [0.25, 0.3) is 0 Å². The summed E-state index contributed by atoms with van der Waals surface area (Å²) in [7, 11) is 0. The van der Waals surface area contributed by atoms with Crippen molar-refractivity contribution in [2.75, 3.05) is 6.61 Å². The Balaban J connectivity index is 1.57. The van der Waals surface area contributed by atoms with Crippen LogP contribution in [0.5, 0.6) is 17.2 Å². The lowest BCUT2D eigenvalue weighted by molar-refractivity contribution is -0.137. The normalized spacial score (nSPS) is 17.9. The fraction of sp³-hybridized carbons (Fsp3) is 0.167. The first-order valence-electron chi connectivity index (χ1n) is 7.53. The van der Waals surface area contributed by atoms with Gasteiger partial charge in [0.05, 0.1) is 16.2 Å². The molecular formula is C18H10ClF3O4. The van der Waals surface area contributed by atoms with Crippen molar-refractivity contribution in [3.8, 4) is 17.2 Å². The van der Waals surface area contributed by atoms with Gasteiger partial charge in [-0.3, -0.25) is 0 Å². The van der Waals surface area contributed by atoms with Crippen molar-refractivity contribution < 1.29 is 32.5 Å². The number of benzene rings is 2. The molecule has 1 N–H and O–H groups in total. The zero-order valence-electron chi connectivity index (χ0n) is 12.9. The minimum atomic E-state index is -4.49. The molecule has 1 aliphatic carbocycles. The molecule has 0 saturated carbocycles. The lowest BCUT2D eigenvalue weighted by atomic mass is 10.0. The van der Waals surface area contributed by atoms with E-state index in [9.17, 15) is 18.0 Å². The quantitative estimate of drug-likeness (QED) is 0.809. The number of halogens is 4. The van der Waals surface area contributed by atoms with Crippen molar-refractivity contribution in [1.29, 1.82) is 0 Å². The number of hydrogen-bond acceptors (Lipinski definition) is 3. The first kappa shape index (κ1) is 16.8. The Morgan fingerprint density at radius 2 is 2.00 bits per heavy atom. The Bertz CT molecular complexity index is 965. The van der Waals surface area contributed by atoms with Gasteiger partial charge in [-0.25, -0.2) is 4.79 Å². The molecule has 1 aliphatic heterocycles. The van der Waals surface area contributed by atoms with Crippen LogP contribution in [0.4, 0.5) is 13.2 Å². The van der Waals surface area contributed by atoms with Crippen molar-refractivity contribution in [2.24, 2.45) is 0 Å². The fourth-order valence-corrected chi connectivity index (χ4v) is 3.24. The van der Waals surface area contributed by atoms with E-state index in [1.807, 2.05) is 0 Å². The van der Waals surface area contributed by atoms with E-state index in [2.05, 4.69) is 0 Å². The van der Waals surface area contributed by atoms with E-state index in [1.54, 1.807) is 18.2 Å². The Hall–Kier alpha value is -2.67. The van der Waals surface area contributed by atoms with Crippen LogP contribution in [0.15, 0.2) is 47.5 Å². The van der Waals surface area contributed by atoms with E-state index >= 15 is 0 Å². The number of rotatable bonds is 3. The minimum Gasteiger partial charge on any atom is -0.489 e. The van der Waals surface area contributed by atoms with Crippen LogP contribution in [0.2, 0.25) is 5.02 Å². The van der Waals surface area contributed by atoms with Gasteiger partial charge < -0.3 is 14.6 Å². The standard InChI is InChI=1S/C18H10ClF3O4/c19-12-5-8(18(20,21)22)1-4-13(12)26-9-2-3-10-14(6-9)25-7-11-15(10)16(11)17(23)24/h1-6,15H,7H2,(H,23,24)/t15-/m0/s1. The second kappa shape index (κ2) is 5.67. The van der Waals surface area contributed by atoms with E-state index in [0.717, 1.165) is 29.3 Å². The van der Waals surface area contributed by atoms with Gasteiger partial charge in [0.15, 0.2) is 0 Å². The Morgan fingerprint density at radius 1 is 1.23 bits per heavy atom. The highest BCUT2D eigenvalue weighted by atomic mass is 35.5. The van der Waals surface area contributed by atoms with Gasteiger partial charge >= 0.3 is 12.1 Å². The maximum absolute atomic E-state index is 12.7. The molecule has 4 nitrogen and oxygen atoms in total. The predicted octanol–water partition coefficient (Wildman–Crippen LogP) is 5.02. The van der Waals surface area contributed by atoms with E-state index in [0.29, 0.717) is 17.1 Å². The molecule has 2 aliphatic rings. The number of aliphatic carboxylic acids is 1. The first-order chi connectivity index (χ1) is 12.3. The highest BCUT2D eigenvalue weighted by Crippen LogP contribution is 2.54. The molecule has 0 saturated heterocycles. The van der Waals surface area contributed by atoms with Crippen molar-refractivity contribution in [3.05, 3.63) is 63.7 Å². The summed E-state index contributed by atoms with van der Waals surface area (Å²) in [6.07, 6.45) is -4.49. The van der Waals surface area contributed by atoms with Crippen LogP contribution in [-0.4, -0.2) is 17.7 Å². The van der Waals surface area contributed by atoms with Gasteiger partial charge in [-0.15, -0.1) is 0 Å². The molecule has 134 valence electrons. The predicted molar refractivity (Wildman–Crippen MR) is 85.9 cm³/mol. The van der Waals surface area contributed by atoms with Crippen LogP contribution in [-0.2, 0) is 11.0 Å². The second-order valence-electron chi connectivity index (χ2n) is 5.91. The number of carboxylic acids is 1. The van der Waals surface area contributed by atoms with Crippen LogP contribution in [0.3, 0.4) is 0 Å². The third-order valence-corrected chi connectivity index (χ3v) is 4.59. The lowest BCUT2D eigenvalue weighted by Gasteiger charge is -2.18. The number of fused-ring (bicyclic) bond motifs is 3. The number of ether oxygens (including phenoxy) is 2. The molecule has 0 amide bonds. The SMILES string of the molecule is O=C(O)C1=C2COc3cc(Oc4ccc(C(F)(F)F)cc4Cl)ccc3[C@@H]21. The van der Waals surface area contributed by atoms with Crippen molar-refractivity contribution in [3.63, 3.8) is 0 Å². The number of carboxylic acid groups (broad SMARTS) is 1. The molecule has 0 bridgehead atoms. The van der Waals surface area contributed by atoms with Crippen molar-refractivity contribution >= 4 is 17.6 Å². The topological polar surface area (TPSA) is 55.8 Å². The molecule has 1 heterocycles. The average molecular weight is 383 g/mol. The van der Waals surface area contributed by atoms with Crippen LogP contribution < -0.4 is 9.47 Å². The molecule has 0 spiro atoms. The van der Waals surface area contributed by atoms with E-state index < -0.39 is 17.7 Å². The average Bonchev–Trinajstić information content (AvgIpc) is 3.30. The van der Waals surface area contributed by atoms with Gasteiger partial charge in [0.25, 0.3) is 0 Å². The molecule has 0 aromatic heterocycles. The second-order valence-corrected chi connectivity index (χ2v) is 6.32. The lowest BCUT2D eigenvalue weighted by Crippen LogP contribution is -2.07. The van der Waals surface area contributed by atoms with E-state index in [1.165, 1.54) is 0 Å². The fourth-order valence-electron chi connectivity index (χ4n) is 3.02. The van der Waals surface area contributed by atoms with Gasteiger partial charge in [-0.1, -0.05) is 17.7 Å². The molecule has 1 atom stereocenters. The summed E-state index contributed by atoms with van der Waals surface area (Å²) in [6.45, 7) is 0.198. The summed E-state index contributed by atoms with van der Waals surface area (Å²) < 4.78 is 49.2. The summed E-state index contributed by atoms with van der Waals surface area (Å²) in [5, 5.41) is 8.97. The van der Waals surface area contributed by atoms with Gasteiger partial charge in [0.1, 0.15) is 23.9 Å². The molecule has 2 aromatic carbocycles. The summed E-state index contributed by atoms with van der Waals surface area (Å²) in [4.78, 5) is 11.1. The molecular weight excluding hydrogens is 373 g/mol. The minimum absolute atomic E-state index is 0.0758. The number of alkyl halides is 3. The number of carbonyl (C=O) groups is 1. The van der Waals surface area contributed by atoms with Crippen LogP contribution in [0.1, 0.15) is 17.0 Å². The van der Waals surface area contributed by atoms with E-state index in [-0.39, 0.29) is 23.3 Å². The van der Waals surface area contributed by atoms with Crippen LogP contribution >= 0.6 is 11.6 Å². The monoisotopic (exact) mass is 382 g/mol. The number of hydrogen-bond donors (Lipinski definition) is 1. The Morgan fingerprint density at radius 3 is 2.65 bits per heavy atom. The highest BCUT2D eigenvalue weighted by molar-refractivity contribution is 6.32. The van der Waals surface area contributed by atoms with Crippen molar-refractivity contribution in [1.82, 2.24) is 0 Å². The largest absolute Gasteiger partial charge is 0.489 e. The van der Waals surface area contributed by atoms with Gasteiger partial charge in [0, 0.05) is 17.5 Å². The summed E-state index contributed by atoms with van der Waals surface area (Å²) in [6, 6.07) is 7.67. The maximum Gasteiger partial charge on any atom is 0.416 e. The summed E-state index contributed by atoms with van der Waals surface area (Å²) in [5.41, 5.74) is 0.972. The molecule has 0 unspecified atom stereocenters. The Kier molecular flexibility index (Phi) is 3.66. The zero-order chi connectivity index (χ0) is 18.6. The van der Waals surface area contributed by atoms with Crippen LogP contribution in [0, 0.1) is 0 Å². The van der Waals surface area contributed by atoms with Crippen molar-refractivity contribution in [2.45, 2.75) is 12.1 Å². The van der Waals surface area contributed by atoms with Gasteiger partial charge in [-0.05, 0) is 29.8 Å². The molecule has 26 heavy (non-hydrogen) atoms. The maximum atomic E-state index is 12.7.